The van der Waals surface area contributed by atoms with Crippen molar-refractivity contribution in [3.8, 4) is 0 Å². The van der Waals surface area contributed by atoms with Gasteiger partial charge in [-0.2, -0.15) is 0 Å². The molecule has 0 atom stereocenters. The fourth-order valence-electron chi connectivity index (χ4n) is 5.41. The number of aromatic amines is 1. The number of imidazole rings is 1. The number of nitrogens with zero attached hydrogens (tertiary/aromatic N) is 1. The molecule has 36 heavy (non-hydrogen) atoms. The van der Waals surface area contributed by atoms with Crippen molar-refractivity contribution >= 4 is 46.1 Å². The Hall–Kier alpha value is -3.06. The molecule has 0 radical (unpaired) electrons. The molecule has 0 unspecified atom stereocenters. The number of nitrogens with one attached hydrogen (secondary N) is 4. The summed E-state index contributed by atoms with van der Waals surface area (Å²) in [7, 11) is 0. The standard InChI is InChI=1S/C28H34ClN5O2/c1-28(13-5-2-6-14-28)26(36)30-17-18-9-11-21(29)23(15-18)33-27-32-22-12-10-19(16-24(22)34-27)25(35)31-20-7-3-4-8-20/h9-12,15-16,20H,2-8,13-14,17H2,1H3,(H,30,36)(H,31,35)(H2,32,33,34). The first kappa shape index (κ1) is 24.6. The predicted molar refractivity (Wildman–Crippen MR) is 144 cm³/mol. The minimum Gasteiger partial charge on any atom is -0.352 e. The highest BCUT2D eigenvalue weighted by atomic mass is 35.5. The van der Waals surface area contributed by atoms with Gasteiger partial charge < -0.3 is 20.9 Å². The number of anilines is 2. The van der Waals surface area contributed by atoms with Crippen LogP contribution in [0, 0.1) is 5.41 Å². The molecule has 2 amide bonds. The van der Waals surface area contributed by atoms with Gasteiger partial charge in [0.05, 0.1) is 21.7 Å². The van der Waals surface area contributed by atoms with Gasteiger partial charge in [0, 0.05) is 23.6 Å². The SMILES string of the molecule is CC1(C(=O)NCc2ccc(Cl)c(Nc3nc4ccc(C(=O)NC5CCCC5)cc4[nH]3)c2)CCCCC1. The second kappa shape index (κ2) is 10.5. The average molecular weight is 508 g/mol. The van der Waals surface area contributed by atoms with Crippen LogP contribution in [-0.2, 0) is 11.3 Å². The highest BCUT2D eigenvalue weighted by Crippen LogP contribution is 2.36. The molecule has 0 spiro atoms. The first-order valence-corrected chi connectivity index (χ1v) is 13.4. The van der Waals surface area contributed by atoms with E-state index in [0.29, 0.717) is 28.8 Å². The summed E-state index contributed by atoms with van der Waals surface area (Å²) in [5.74, 6) is 0.612. The van der Waals surface area contributed by atoms with E-state index in [4.69, 9.17) is 11.6 Å². The maximum Gasteiger partial charge on any atom is 0.251 e. The maximum atomic E-state index is 12.8. The third-order valence-electron chi connectivity index (χ3n) is 7.68. The molecule has 2 aromatic carbocycles. The van der Waals surface area contributed by atoms with Crippen LogP contribution in [0.1, 0.15) is 80.6 Å². The number of hydrogen-bond acceptors (Lipinski definition) is 4. The van der Waals surface area contributed by atoms with Gasteiger partial charge in [-0.1, -0.05) is 56.7 Å². The van der Waals surface area contributed by atoms with Crippen LogP contribution in [0.3, 0.4) is 0 Å². The molecule has 8 heteroatoms. The molecule has 1 aromatic heterocycles. The molecule has 190 valence electrons. The Morgan fingerprint density at radius 1 is 1.06 bits per heavy atom. The lowest BCUT2D eigenvalue weighted by Gasteiger charge is -2.32. The summed E-state index contributed by atoms with van der Waals surface area (Å²) in [6.07, 6.45) is 9.79. The van der Waals surface area contributed by atoms with E-state index in [0.717, 1.165) is 55.1 Å². The molecular formula is C28H34ClN5O2. The number of H-pyrrole nitrogens is 1. The van der Waals surface area contributed by atoms with Crippen LogP contribution in [0.5, 0.6) is 0 Å². The minimum atomic E-state index is -0.271. The van der Waals surface area contributed by atoms with Crippen LogP contribution < -0.4 is 16.0 Å². The van der Waals surface area contributed by atoms with Crippen molar-refractivity contribution in [3.63, 3.8) is 0 Å². The maximum absolute atomic E-state index is 12.8. The molecule has 1 heterocycles. The number of fused-ring (bicyclic) bond motifs is 1. The average Bonchev–Trinajstić information content (AvgIpc) is 3.53. The van der Waals surface area contributed by atoms with Crippen molar-refractivity contribution in [1.82, 2.24) is 20.6 Å². The number of carbonyl (C=O) groups excluding carboxylic acids is 2. The zero-order valence-electron chi connectivity index (χ0n) is 20.8. The van der Waals surface area contributed by atoms with Gasteiger partial charge in [-0.05, 0) is 61.6 Å². The molecule has 2 saturated carbocycles. The number of benzene rings is 2. The van der Waals surface area contributed by atoms with Gasteiger partial charge in [-0.25, -0.2) is 4.98 Å². The predicted octanol–water partition coefficient (Wildman–Crippen LogP) is 6.22. The normalized spacial score (nSPS) is 17.7. The van der Waals surface area contributed by atoms with E-state index in [9.17, 15) is 9.59 Å². The third-order valence-corrected chi connectivity index (χ3v) is 8.01. The van der Waals surface area contributed by atoms with Crippen molar-refractivity contribution < 1.29 is 9.59 Å². The van der Waals surface area contributed by atoms with E-state index >= 15 is 0 Å². The van der Waals surface area contributed by atoms with Gasteiger partial charge >= 0.3 is 0 Å². The van der Waals surface area contributed by atoms with Crippen molar-refractivity contribution in [2.75, 3.05) is 5.32 Å². The molecule has 7 nitrogen and oxygen atoms in total. The molecule has 0 saturated heterocycles. The van der Waals surface area contributed by atoms with Crippen molar-refractivity contribution in [1.29, 1.82) is 0 Å². The molecule has 5 rings (SSSR count). The summed E-state index contributed by atoms with van der Waals surface area (Å²) in [5.41, 5.74) is 3.54. The number of hydrogen-bond donors (Lipinski definition) is 4. The summed E-state index contributed by atoms with van der Waals surface area (Å²) >= 11 is 6.45. The van der Waals surface area contributed by atoms with Gasteiger partial charge in [0.15, 0.2) is 0 Å². The Morgan fingerprint density at radius 2 is 1.83 bits per heavy atom. The van der Waals surface area contributed by atoms with E-state index < -0.39 is 0 Å². The van der Waals surface area contributed by atoms with E-state index in [1.807, 2.05) is 30.3 Å². The van der Waals surface area contributed by atoms with Crippen LogP contribution in [0.2, 0.25) is 5.02 Å². The summed E-state index contributed by atoms with van der Waals surface area (Å²) in [6.45, 7) is 2.52. The lowest BCUT2D eigenvalue weighted by Crippen LogP contribution is -2.39. The third kappa shape index (κ3) is 5.51. The van der Waals surface area contributed by atoms with Crippen LogP contribution in [0.4, 0.5) is 11.6 Å². The second-order valence-electron chi connectivity index (χ2n) is 10.5. The highest BCUT2D eigenvalue weighted by Gasteiger charge is 2.34. The monoisotopic (exact) mass is 507 g/mol. The summed E-state index contributed by atoms with van der Waals surface area (Å²) < 4.78 is 0. The summed E-state index contributed by atoms with van der Waals surface area (Å²) in [5, 5.41) is 10.1. The van der Waals surface area contributed by atoms with Crippen LogP contribution in [0.25, 0.3) is 11.0 Å². The lowest BCUT2D eigenvalue weighted by molar-refractivity contribution is -0.132. The Kier molecular flexibility index (Phi) is 7.19. The van der Waals surface area contributed by atoms with Crippen molar-refractivity contribution in [2.45, 2.75) is 77.3 Å². The van der Waals surface area contributed by atoms with E-state index in [1.165, 1.54) is 19.3 Å². The van der Waals surface area contributed by atoms with Crippen molar-refractivity contribution in [3.05, 3.63) is 52.5 Å². The Bertz CT molecular complexity index is 1260. The van der Waals surface area contributed by atoms with Crippen LogP contribution in [-0.4, -0.2) is 27.8 Å². The van der Waals surface area contributed by atoms with E-state index in [1.54, 1.807) is 6.07 Å². The number of rotatable bonds is 7. The molecule has 4 N–H and O–H groups in total. The largest absolute Gasteiger partial charge is 0.352 e. The topological polar surface area (TPSA) is 98.9 Å². The Morgan fingerprint density at radius 3 is 2.61 bits per heavy atom. The quantitative estimate of drug-likeness (QED) is 0.305. The van der Waals surface area contributed by atoms with Crippen LogP contribution in [0.15, 0.2) is 36.4 Å². The minimum absolute atomic E-state index is 0.0483. The molecular weight excluding hydrogens is 474 g/mol. The number of aromatic nitrogens is 2. The van der Waals surface area contributed by atoms with Gasteiger partial charge in [0.1, 0.15) is 0 Å². The Labute approximate surface area is 216 Å². The van der Waals surface area contributed by atoms with Crippen LogP contribution >= 0.6 is 11.6 Å². The summed E-state index contributed by atoms with van der Waals surface area (Å²) in [6, 6.07) is 11.4. The molecule has 0 aliphatic heterocycles. The summed E-state index contributed by atoms with van der Waals surface area (Å²) in [4.78, 5) is 33.3. The Balaban J connectivity index is 1.25. The molecule has 2 aliphatic carbocycles. The molecule has 0 bridgehead atoms. The zero-order valence-corrected chi connectivity index (χ0v) is 21.5. The second-order valence-corrected chi connectivity index (χ2v) is 10.9. The van der Waals surface area contributed by atoms with Crippen molar-refractivity contribution in [2.24, 2.45) is 5.41 Å². The van der Waals surface area contributed by atoms with Gasteiger partial charge in [0.25, 0.3) is 5.91 Å². The molecule has 2 aliphatic rings. The first-order chi connectivity index (χ1) is 17.4. The smallest absolute Gasteiger partial charge is 0.251 e. The molecule has 2 fully saturated rings. The van der Waals surface area contributed by atoms with Gasteiger partial charge in [-0.3, -0.25) is 9.59 Å². The van der Waals surface area contributed by atoms with Gasteiger partial charge in [-0.15, -0.1) is 0 Å². The number of carbonyl (C=O) groups is 2. The van der Waals surface area contributed by atoms with E-state index in [2.05, 4.69) is 32.8 Å². The number of halogens is 1. The first-order valence-electron chi connectivity index (χ1n) is 13.0. The fourth-order valence-corrected chi connectivity index (χ4v) is 5.57. The fraction of sp³-hybridized carbons (Fsp3) is 0.464. The lowest BCUT2D eigenvalue weighted by atomic mass is 9.75. The van der Waals surface area contributed by atoms with Gasteiger partial charge in [0.2, 0.25) is 11.9 Å². The van der Waals surface area contributed by atoms with E-state index in [-0.39, 0.29) is 23.3 Å². The zero-order chi connectivity index (χ0) is 25.1. The highest BCUT2D eigenvalue weighted by molar-refractivity contribution is 6.33. The number of amides is 2. The molecule has 3 aromatic rings.